The summed E-state index contributed by atoms with van der Waals surface area (Å²) in [6.45, 7) is 7.67. The standard InChI is InChI=1S/C19H26Cl2N2O6/c1-18(2,3)29-17(27)23-19(4,5)16(26)22-14(15(24)25)10-28-9-11-6-12(20)8-13(21)7-11/h6-8,14H,9-10H2,1-5H3,(H,22,26)(H,23,27)(H,24,25). The zero-order valence-electron chi connectivity index (χ0n) is 17.0. The van der Waals surface area contributed by atoms with Crippen LogP contribution in [0, 0.1) is 0 Å². The van der Waals surface area contributed by atoms with Crippen LogP contribution in [0.15, 0.2) is 18.2 Å². The molecule has 1 rings (SSSR count). The molecule has 0 heterocycles. The third-order valence-electron chi connectivity index (χ3n) is 3.46. The summed E-state index contributed by atoms with van der Waals surface area (Å²) >= 11 is 11.8. The molecular formula is C19H26Cl2N2O6. The zero-order valence-corrected chi connectivity index (χ0v) is 18.5. The van der Waals surface area contributed by atoms with Gasteiger partial charge in [-0.25, -0.2) is 9.59 Å². The Morgan fingerprint density at radius 3 is 2.10 bits per heavy atom. The summed E-state index contributed by atoms with van der Waals surface area (Å²) in [5.74, 6) is -1.99. The Morgan fingerprint density at radius 1 is 1.07 bits per heavy atom. The van der Waals surface area contributed by atoms with Crippen LogP contribution in [0.5, 0.6) is 0 Å². The van der Waals surface area contributed by atoms with Crippen LogP contribution in [0.2, 0.25) is 10.0 Å². The number of carboxylic acids is 1. The van der Waals surface area contributed by atoms with Gasteiger partial charge in [0.1, 0.15) is 11.1 Å². The van der Waals surface area contributed by atoms with Crippen LogP contribution in [0.3, 0.4) is 0 Å². The minimum atomic E-state index is -1.41. The lowest BCUT2D eigenvalue weighted by Gasteiger charge is -2.28. The molecule has 0 saturated carbocycles. The van der Waals surface area contributed by atoms with Gasteiger partial charge in [-0.05, 0) is 58.4 Å². The van der Waals surface area contributed by atoms with Gasteiger partial charge in [0.25, 0.3) is 0 Å². The molecule has 0 aliphatic heterocycles. The number of aliphatic carboxylic acids is 1. The lowest BCUT2D eigenvalue weighted by molar-refractivity contribution is -0.144. The second-order valence-corrected chi connectivity index (χ2v) is 8.78. The Bertz CT molecular complexity index is 741. The van der Waals surface area contributed by atoms with Crippen molar-refractivity contribution in [2.45, 2.75) is 58.4 Å². The molecular weight excluding hydrogens is 423 g/mol. The predicted molar refractivity (Wildman–Crippen MR) is 109 cm³/mol. The van der Waals surface area contributed by atoms with Crippen molar-refractivity contribution < 1.29 is 29.0 Å². The van der Waals surface area contributed by atoms with Crippen molar-refractivity contribution in [1.29, 1.82) is 0 Å². The molecule has 1 aromatic rings. The summed E-state index contributed by atoms with van der Waals surface area (Å²) in [6, 6.07) is 3.51. The Balaban J connectivity index is 2.66. The van der Waals surface area contributed by atoms with E-state index in [9.17, 15) is 19.5 Å². The van der Waals surface area contributed by atoms with Gasteiger partial charge < -0.3 is 25.2 Å². The van der Waals surface area contributed by atoms with Gasteiger partial charge in [-0.1, -0.05) is 23.2 Å². The highest BCUT2D eigenvalue weighted by Gasteiger charge is 2.34. The number of rotatable bonds is 8. The molecule has 10 heteroatoms. The lowest BCUT2D eigenvalue weighted by atomic mass is 10.0. The number of benzene rings is 1. The molecule has 8 nitrogen and oxygen atoms in total. The van der Waals surface area contributed by atoms with Crippen LogP contribution in [0.1, 0.15) is 40.2 Å². The van der Waals surface area contributed by atoms with E-state index in [2.05, 4.69) is 10.6 Å². The Hall–Kier alpha value is -2.03. The van der Waals surface area contributed by atoms with Gasteiger partial charge in [-0.2, -0.15) is 0 Å². The molecule has 3 N–H and O–H groups in total. The maximum atomic E-state index is 12.5. The first kappa shape index (κ1) is 25.0. The third-order valence-corrected chi connectivity index (χ3v) is 3.90. The number of hydrogen-bond donors (Lipinski definition) is 3. The first-order valence-electron chi connectivity index (χ1n) is 8.77. The lowest BCUT2D eigenvalue weighted by Crippen LogP contribution is -2.59. The maximum Gasteiger partial charge on any atom is 0.408 e. The van der Waals surface area contributed by atoms with Gasteiger partial charge in [-0.15, -0.1) is 0 Å². The summed E-state index contributed by atoms with van der Waals surface area (Å²) in [7, 11) is 0. The van der Waals surface area contributed by atoms with E-state index < -0.39 is 35.2 Å². The van der Waals surface area contributed by atoms with Crippen molar-refractivity contribution >= 4 is 41.2 Å². The third kappa shape index (κ3) is 9.34. The Morgan fingerprint density at radius 2 is 1.62 bits per heavy atom. The van der Waals surface area contributed by atoms with Gasteiger partial charge in [0.15, 0.2) is 6.04 Å². The summed E-state index contributed by atoms with van der Waals surface area (Å²) in [4.78, 5) is 35.8. The second kappa shape index (κ2) is 10.1. The van der Waals surface area contributed by atoms with E-state index in [-0.39, 0.29) is 13.2 Å². The molecule has 0 aliphatic carbocycles. The number of ether oxygens (including phenoxy) is 2. The maximum absolute atomic E-state index is 12.5. The molecule has 0 bridgehead atoms. The average Bonchev–Trinajstić information content (AvgIpc) is 2.50. The topological polar surface area (TPSA) is 114 Å². The molecule has 162 valence electrons. The van der Waals surface area contributed by atoms with Crippen molar-refractivity contribution in [2.24, 2.45) is 0 Å². The summed E-state index contributed by atoms with van der Waals surface area (Å²) in [5.41, 5.74) is -1.49. The van der Waals surface area contributed by atoms with E-state index in [1.165, 1.54) is 13.8 Å². The van der Waals surface area contributed by atoms with Crippen molar-refractivity contribution in [3.8, 4) is 0 Å². The molecule has 0 fully saturated rings. The molecule has 0 saturated heterocycles. The largest absolute Gasteiger partial charge is 0.480 e. The van der Waals surface area contributed by atoms with Crippen LogP contribution in [-0.4, -0.2) is 46.9 Å². The highest BCUT2D eigenvalue weighted by atomic mass is 35.5. The minimum Gasteiger partial charge on any atom is -0.480 e. The Kier molecular flexibility index (Phi) is 8.74. The van der Waals surface area contributed by atoms with E-state index in [1.807, 2.05) is 0 Å². The van der Waals surface area contributed by atoms with E-state index >= 15 is 0 Å². The van der Waals surface area contributed by atoms with Crippen LogP contribution < -0.4 is 10.6 Å². The SMILES string of the molecule is CC(C)(C)OC(=O)NC(C)(C)C(=O)NC(COCc1cc(Cl)cc(Cl)c1)C(=O)O. The van der Waals surface area contributed by atoms with E-state index in [1.54, 1.807) is 39.0 Å². The highest BCUT2D eigenvalue weighted by Crippen LogP contribution is 2.19. The quantitative estimate of drug-likeness (QED) is 0.561. The molecule has 0 radical (unpaired) electrons. The van der Waals surface area contributed by atoms with Crippen LogP contribution in [-0.2, 0) is 25.7 Å². The van der Waals surface area contributed by atoms with Crippen molar-refractivity contribution in [2.75, 3.05) is 6.61 Å². The summed E-state index contributed by atoms with van der Waals surface area (Å²) in [6.07, 6.45) is -0.793. The number of carbonyl (C=O) groups excluding carboxylic acids is 2. The fourth-order valence-corrected chi connectivity index (χ4v) is 2.69. The molecule has 0 aliphatic rings. The molecule has 1 aromatic carbocycles. The monoisotopic (exact) mass is 448 g/mol. The fourth-order valence-electron chi connectivity index (χ4n) is 2.12. The first-order valence-corrected chi connectivity index (χ1v) is 9.53. The molecule has 1 unspecified atom stereocenters. The summed E-state index contributed by atoms with van der Waals surface area (Å²) in [5, 5.41) is 15.0. The Labute approximate surface area is 179 Å². The smallest absolute Gasteiger partial charge is 0.408 e. The van der Waals surface area contributed by atoms with Crippen molar-refractivity contribution in [3.05, 3.63) is 33.8 Å². The fraction of sp³-hybridized carbons (Fsp3) is 0.526. The van der Waals surface area contributed by atoms with Crippen molar-refractivity contribution in [3.63, 3.8) is 0 Å². The highest BCUT2D eigenvalue weighted by molar-refractivity contribution is 6.34. The van der Waals surface area contributed by atoms with E-state index in [4.69, 9.17) is 32.7 Å². The predicted octanol–water partition coefficient (Wildman–Crippen LogP) is 3.38. The zero-order chi connectivity index (χ0) is 22.4. The normalized spacial score (nSPS) is 12.8. The number of halogens is 2. The van der Waals surface area contributed by atoms with E-state index in [0.717, 1.165) is 0 Å². The van der Waals surface area contributed by atoms with Gasteiger partial charge >= 0.3 is 12.1 Å². The van der Waals surface area contributed by atoms with Crippen LogP contribution in [0.25, 0.3) is 0 Å². The van der Waals surface area contributed by atoms with Crippen LogP contribution in [0.4, 0.5) is 4.79 Å². The van der Waals surface area contributed by atoms with Crippen molar-refractivity contribution in [1.82, 2.24) is 10.6 Å². The number of alkyl carbamates (subject to hydrolysis) is 1. The number of carbonyl (C=O) groups is 3. The van der Waals surface area contributed by atoms with Crippen LogP contribution >= 0.6 is 23.2 Å². The molecule has 1 atom stereocenters. The summed E-state index contributed by atoms with van der Waals surface area (Å²) < 4.78 is 10.5. The van der Waals surface area contributed by atoms with Gasteiger partial charge in [0.05, 0.1) is 13.2 Å². The first-order chi connectivity index (χ1) is 13.2. The number of hydrogen-bond acceptors (Lipinski definition) is 5. The second-order valence-electron chi connectivity index (χ2n) is 7.91. The average molecular weight is 449 g/mol. The number of carboxylic acid groups (broad SMARTS) is 1. The number of nitrogens with one attached hydrogen (secondary N) is 2. The molecule has 2 amide bonds. The molecule has 0 spiro atoms. The van der Waals surface area contributed by atoms with Gasteiger partial charge in [0, 0.05) is 10.0 Å². The molecule has 29 heavy (non-hydrogen) atoms. The minimum absolute atomic E-state index is 0.0550. The number of amides is 2. The molecule has 0 aromatic heterocycles. The van der Waals surface area contributed by atoms with Gasteiger partial charge in [0.2, 0.25) is 5.91 Å². The van der Waals surface area contributed by atoms with E-state index in [0.29, 0.717) is 15.6 Å². The van der Waals surface area contributed by atoms with Gasteiger partial charge in [-0.3, -0.25) is 4.79 Å².